The molecule has 0 bridgehead atoms. The lowest BCUT2D eigenvalue weighted by molar-refractivity contribution is -0.137. The number of ether oxygens (including phenoxy) is 4. The lowest BCUT2D eigenvalue weighted by Gasteiger charge is -2.18. The minimum atomic E-state index is -0.524. The molecule has 1 unspecified atom stereocenters. The van der Waals surface area contributed by atoms with Crippen molar-refractivity contribution < 1.29 is 33.3 Å². The van der Waals surface area contributed by atoms with Gasteiger partial charge in [-0.05, 0) is 85.7 Å². The summed E-state index contributed by atoms with van der Waals surface area (Å²) in [5.74, 6) is 0.00264. The molecule has 0 aliphatic rings. The second kappa shape index (κ2) is 15.4. The predicted molar refractivity (Wildman–Crippen MR) is 158 cm³/mol. The van der Waals surface area contributed by atoms with E-state index in [4.69, 9.17) is 18.9 Å². The molecule has 216 valence electrons. The molecule has 0 aromatic heterocycles. The van der Waals surface area contributed by atoms with Crippen LogP contribution in [0.3, 0.4) is 0 Å². The van der Waals surface area contributed by atoms with Crippen molar-refractivity contribution in [2.24, 2.45) is 5.92 Å². The Hall–Kier alpha value is -4.39. The van der Waals surface area contributed by atoms with Gasteiger partial charge < -0.3 is 18.9 Å². The Kier molecular flexibility index (Phi) is 11.7. The molecule has 0 spiro atoms. The van der Waals surface area contributed by atoms with E-state index < -0.39 is 17.9 Å². The molecule has 1 atom stereocenters. The van der Waals surface area contributed by atoms with E-state index in [1.54, 1.807) is 42.5 Å². The minimum absolute atomic E-state index is 0.309. The fourth-order valence-corrected chi connectivity index (χ4v) is 4.18. The Morgan fingerprint density at radius 2 is 1.59 bits per heavy atom. The Balaban J connectivity index is 1.78. The van der Waals surface area contributed by atoms with Crippen LogP contribution < -0.4 is 9.47 Å². The van der Waals surface area contributed by atoms with Crippen LogP contribution in [0.5, 0.6) is 11.5 Å². The monoisotopic (exact) mass is 558 g/mol. The minimum Gasteiger partial charge on any atom is -0.494 e. The van der Waals surface area contributed by atoms with Crippen molar-refractivity contribution in [1.82, 2.24) is 0 Å². The molecule has 7 nitrogen and oxygen atoms in total. The summed E-state index contributed by atoms with van der Waals surface area (Å²) in [5, 5.41) is 0. The van der Waals surface area contributed by atoms with Gasteiger partial charge in [0.2, 0.25) is 0 Å². The molecule has 3 aromatic rings. The number of esters is 3. The third-order valence-electron chi connectivity index (χ3n) is 6.73. The molecule has 0 saturated heterocycles. The molecule has 3 aromatic carbocycles. The maximum Gasteiger partial charge on any atom is 0.343 e. The fraction of sp³-hybridized carbons (Fsp3) is 0.324. The van der Waals surface area contributed by atoms with E-state index in [9.17, 15) is 14.4 Å². The van der Waals surface area contributed by atoms with Gasteiger partial charge in [0.25, 0.3) is 0 Å². The van der Waals surface area contributed by atoms with Crippen LogP contribution >= 0.6 is 0 Å². The highest BCUT2D eigenvalue weighted by Gasteiger charge is 2.19. The van der Waals surface area contributed by atoms with Gasteiger partial charge in [0.05, 0.1) is 31.5 Å². The first-order valence-electron chi connectivity index (χ1n) is 13.8. The summed E-state index contributed by atoms with van der Waals surface area (Å²) in [7, 11) is 1.34. The third-order valence-corrected chi connectivity index (χ3v) is 6.73. The van der Waals surface area contributed by atoms with Crippen molar-refractivity contribution >= 4 is 17.9 Å². The normalized spacial score (nSPS) is 11.3. The van der Waals surface area contributed by atoms with E-state index in [-0.39, 0.29) is 0 Å². The average molecular weight is 559 g/mol. The van der Waals surface area contributed by atoms with Crippen molar-refractivity contribution in [2.75, 3.05) is 20.3 Å². The van der Waals surface area contributed by atoms with Crippen LogP contribution in [-0.4, -0.2) is 38.2 Å². The predicted octanol–water partition coefficient (Wildman–Crippen LogP) is 7.14. The number of methoxy groups -OCH3 is 1. The standard InChI is InChI=1S/C34H38O7/c1-6-23(3)20-26-11-10-24(4)21-29(26)30-22-27(33(36)38-5)14-17-31(30)41-34(37)25-12-15-28(16-13-25)39-18-8-9-19-40-32(35)7-2/h7,10-17,21-23H,2,6,8-9,18-20H2,1,3-5H3. The first-order valence-corrected chi connectivity index (χ1v) is 13.8. The van der Waals surface area contributed by atoms with E-state index in [0.717, 1.165) is 35.6 Å². The zero-order chi connectivity index (χ0) is 29.8. The van der Waals surface area contributed by atoms with Crippen LogP contribution in [0.1, 0.15) is 65.0 Å². The van der Waals surface area contributed by atoms with E-state index in [1.807, 2.05) is 6.92 Å². The molecule has 0 aliphatic carbocycles. The largest absolute Gasteiger partial charge is 0.494 e. The van der Waals surface area contributed by atoms with Crippen LogP contribution in [0.4, 0.5) is 0 Å². The molecule has 0 N–H and O–H groups in total. The highest BCUT2D eigenvalue weighted by Crippen LogP contribution is 2.36. The van der Waals surface area contributed by atoms with Crippen LogP contribution in [0, 0.1) is 12.8 Å². The summed E-state index contributed by atoms with van der Waals surface area (Å²) < 4.78 is 21.5. The van der Waals surface area contributed by atoms with Crippen molar-refractivity contribution in [3.8, 4) is 22.6 Å². The third kappa shape index (κ3) is 9.07. The molecule has 3 rings (SSSR count). The highest BCUT2D eigenvalue weighted by molar-refractivity contribution is 5.95. The SMILES string of the molecule is C=CC(=O)OCCCCOc1ccc(C(=O)Oc2ccc(C(=O)OC)cc2-c2cc(C)ccc2CC(C)CC)cc1. The number of aryl methyl sites for hydroxylation is 1. The summed E-state index contributed by atoms with van der Waals surface area (Å²) in [6, 6.07) is 17.9. The number of carbonyl (C=O) groups excluding carboxylic acids is 3. The first kappa shape index (κ1) is 31.1. The van der Waals surface area contributed by atoms with Gasteiger partial charge in [-0.25, -0.2) is 14.4 Å². The molecular weight excluding hydrogens is 520 g/mol. The van der Waals surface area contributed by atoms with Crippen LogP contribution in [-0.2, 0) is 20.7 Å². The van der Waals surface area contributed by atoms with E-state index in [1.165, 1.54) is 7.11 Å². The molecule has 0 heterocycles. The van der Waals surface area contributed by atoms with E-state index in [0.29, 0.717) is 60.2 Å². The molecule has 0 radical (unpaired) electrons. The number of hydrogen-bond acceptors (Lipinski definition) is 7. The lowest BCUT2D eigenvalue weighted by Crippen LogP contribution is -2.11. The molecule has 41 heavy (non-hydrogen) atoms. The maximum absolute atomic E-state index is 13.2. The second-order valence-corrected chi connectivity index (χ2v) is 9.92. The van der Waals surface area contributed by atoms with Gasteiger partial charge >= 0.3 is 17.9 Å². The van der Waals surface area contributed by atoms with Crippen molar-refractivity contribution in [3.05, 3.63) is 95.6 Å². The molecule has 0 aliphatic heterocycles. The van der Waals surface area contributed by atoms with Crippen LogP contribution in [0.15, 0.2) is 73.3 Å². The summed E-state index contributed by atoms with van der Waals surface area (Å²) in [4.78, 5) is 36.6. The van der Waals surface area contributed by atoms with Gasteiger partial charge in [0.1, 0.15) is 11.5 Å². The van der Waals surface area contributed by atoms with Gasteiger partial charge in [-0.3, -0.25) is 0 Å². The molecule has 0 fully saturated rings. The van der Waals surface area contributed by atoms with Gasteiger partial charge in [-0.2, -0.15) is 0 Å². The van der Waals surface area contributed by atoms with Crippen LogP contribution in [0.2, 0.25) is 0 Å². The van der Waals surface area contributed by atoms with Gasteiger partial charge in [0, 0.05) is 11.6 Å². The quantitative estimate of drug-likeness (QED) is 0.0899. The summed E-state index contributed by atoms with van der Waals surface area (Å²) in [5.41, 5.74) is 4.48. The number of carbonyl (C=O) groups is 3. The van der Waals surface area contributed by atoms with E-state index in [2.05, 4.69) is 38.6 Å². The van der Waals surface area contributed by atoms with Gasteiger partial charge in [-0.1, -0.05) is 50.6 Å². The van der Waals surface area contributed by atoms with Crippen LogP contribution in [0.25, 0.3) is 11.1 Å². The van der Waals surface area contributed by atoms with E-state index >= 15 is 0 Å². The zero-order valence-electron chi connectivity index (χ0n) is 24.2. The fourth-order valence-electron chi connectivity index (χ4n) is 4.18. The maximum atomic E-state index is 13.2. The number of rotatable bonds is 14. The average Bonchev–Trinajstić information content (AvgIpc) is 2.99. The Morgan fingerprint density at radius 3 is 2.27 bits per heavy atom. The summed E-state index contributed by atoms with van der Waals surface area (Å²) >= 11 is 0. The Labute approximate surface area is 242 Å². The molecular formula is C34H38O7. The first-order chi connectivity index (χ1) is 19.7. The Bertz CT molecular complexity index is 1360. The zero-order valence-corrected chi connectivity index (χ0v) is 24.2. The molecule has 0 saturated carbocycles. The van der Waals surface area contributed by atoms with Crippen molar-refractivity contribution in [3.63, 3.8) is 0 Å². The topological polar surface area (TPSA) is 88.1 Å². The number of hydrogen-bond donors (Lipinski definition) is 0. The lowest BCUT2D eigenvalue weighted by atomic mass is 9.90. The van der Waals surface area contributed by atoms with Crippen molar-refractivity contribution in [2.45, 2.75) is 46.5 Å². The number of unbranched alkanes of at least 4 members (excludes halogenated alkanes) is 1. The highest BCUT2D eigenvalue weighted by atomic mass is 16.5. The van der Waals surface area contributed by atoms with Gasteiger partial charge in [0.15, 0.2) is 0 Å². The smallest absolute Gasteiger partial charge is 0.343 e. The second-order valence-electron chi connectivity index (χ2n) is 9.92. The molecule has 0 amide bonds. The van der Waals surface area contributed by atoms with Gasteiger partial charge in [-0.15, -0.1) is 0 Å². The van der Waals surface area contributed by atoms with Crippen molar-refractivity contribution in [1.29, 1.82) is 0 Å². The Morgan fingerprint density at radius 1 is 0.878 bits per heavy atom. The summed E-state index contributed by atoms with van der Waals surface area (Å²) in [6.07, 6.45) is 4.39. The summed E-state index contributed by atoms with van der Waals surface area (Å²) in [6.45, 7) is 10.5. The number of benzene rings is 3. The molecule has 7 heteroatoms.